The van der Waals surface area contributed by atoms with Crippen LogP contribution >= 0.6 is 11.6 Å². The molecule has 0 unspecified atom stereocenters. The number of hydrogen-bond acceptors (Lipinski definition) is 5. The number of carbonyl (C=O) groups excluding carboxylic acids is 1. The number of amides is 1. The van der Waals surface area contributed by atoms with Crippen molar-refractivity contribution in [1.29, 1.82) is 0 Å². The second-order valence-corrected chi connectivity index (χ2v) is 8.31. The van der Waals surface area contributed by atoms with Crippen LogP contribution < -0.4 is 10.5 Å². The molecule has 1 amide bonds. The first-order chi connectivity index (χ1) is 15.6. The minimum atomic E-state index is -4.72. The second-order valence-electron chi connectivity index (χ2n) is 7.91. The van der Waals surface area contributed by atoms with E-state index in [-0.39, 0.29) is 28.5 Å². The highest BCUT2D eigenvalue weighted by Gasteiger charge is 2.39. The number of pyridine rings is 1. The van der Waals surface area contributed by atoms with Crippen molar-refractivity contribution in [3.8, 4) is 5.75 Å². The number of alkyl halides is 3. The summed E-state index contributed by atoms with van der Waals surface area (Å²) in [6.07, 6.45) is -4.72. The first-order valence-electron chi connectivity index (χ1n) is 9.85. The van der Waals surface area contributed by atoms with Crippen molar-refractivity contribution >= 4 is 34.2 Å². The summed E-state index contributed by atoms with van der Waals surface area (Å²) in [6.45, 7) is 0.424. The lowest BCUT2D eigenvalue weighted by Gasteiger charge is -2.25. The number of benzene rings is 2. The Morgan fingerprint density at radius 2 is 1.94 bits per heavy atom. The number of carbonyl (C=O) groups is 1. The molecule has 0 radical (unpaired) electrons. The molecular weight excluding hydrogens is 466 g/mol. The van der Waals surface area contributed by atoms with E-state index in [1.54, 1.807) is 6.07 Å². The smallest absolute Gasteiger partial charge is 0.416 e. The molecule has 5 rings (SSSR count). The first-order valence-corrected chi connectivity index (χ1v) is 10.2. The third-order valence-corrected chi connectivity index (χ3v) is 6.30. The summed E-state index contributed by atoms with van der Waals surface area (Å²) in [4.78, 5) is 18.8. The van der Waals surface area contributed by atoms with Crippen molar-refractivity contribution in [3.05, 3.63) is 62.9 Å². The molecule has 1 atom stereocenters. The van der Waals surface area contributed by atoms with Gasteiger partial charge in [-0.2, -0.15) is 13.2 Å². The lowest BCUT2D eigenvalue weighted by molar-refractivity contribution is -0.137. The van der Waals surface area contributed by atoms with Gasteiger partial charge in [0.1, 0.15) is 24.0 Å². The average Bonchev–Trinajstić information content (AvgIpc) is 3.40. The van der Waals surface area contributed by atoms with Crippen molar-refractivity contribution in [2.45, 2.75) is 25.4 Å². The Morgan fingerprint density at radius 3 is 2.67 bits per heavy atom. The number of fused-ring (bicyclic) bond motifs is 4. The topological polar surface area (TPSA) is 77.7 Å². The van der Waals surface area contributed by atoms with Gasteiger partial charge in [-0.05, 0) is 29.8 Å². The van der Waals surface area contributed by atoms with Crippen LogP contribution in [0.15, 0.2) is 24.3 Å². The molecular formula is C22H16ClF4N3O3. The van der Waals surface area contributed by atoms with Crippen LogP contribution in [0.25, 0.3) is 10.9 Å². The molecule has 0 saturated heterocycles. The summed E-state index contributed by atoms with van der Waals surface area (Å²) < 4.78 is 64.4. The van der Waals surface area contributed by atoms with Crippen LogP contribution in [0.2, 0.25) is 5.02 Å². The summed E-state index contributed by atoms with van der Waals surface area (Å²) in [6, 6.07) is 3.30. The highest BCUT2D eigenvalue weighted by Crippen LogP contribution is 2.43. The molecule has 3 aromatic rings. The van der Waals surface area contributed by atoms with Gasteiger partial charge in [0.05, 0.1) is 46.5 Å². The van der Waals surface area contributed by atoms with Gasteiger partial charge in [0.2, 0.25) is 0 Å². The molecule has 0 aliphatic carbocycles. The molecule has 172 valence electrons. The largest absolute Gasteiger partial charge is 0.491 e. The van der Waals surface area contributed by atoms with Gasteiger partial charge in [-0.1, -0.05) is 11.6 Å². The number of halogens is 5. The van der Waals surface area contributed by atoms with Crippen LogP contribution in [0.4, 0.5) is 23.4 Å². The van der Waals surface area contributed by atoms with Crippen molar-refractivity contribution in [2.75, 3.05) is 19.4 Å². The van der Waals surface area contributed by atoms with E-state index < -0.39 is 29.5 Å². The SMILES string of the molecule is CN(C(=O)c1cc2c3c(c(N)nc2cc1Cl)COC3)[C@H]1COc2cc(C(F)(F)F)cc(F)c21. The van der Waals surface area contributed by atoms with Gasteiger partial charge in [0, 0.05) is 18.0 Å². The molecule has 6 nitrogen and oxygen atoms in total. The van der Waals surface area contributed by atoms with Gasteiger partial charge in [-0.3, -0.25) is 4.79 Å². The quantitative estimate of drug-likeness (QED) is 0.529. The number of anilines is 1. The lowest BCUT2D eigenvalue weighted by Crippen LogP contribution is -2.32. The van der Waals surface area contributed by atoms with Crippen molar-refractivity contribution in [1.82, 2.24) is 9.88 Å². The highest BCUT2D eigenvalue weighted by molar-refractivity contribution is 6.34. The maximum atomic E-state index is 14.7. The van der Waals surface area contributed by atoms with Crippen LogP contribution in [0.3, 0.4) is 0 Å². The molecule has 0 bridgehead atoms. The van der Waals surface area contributed by atoms with E-state index in [2.05, 4.69) is 4.98 Å². The van der Waals surface area contributed by atoms with Crippen LogP contribution in [0.1, 0.15) is 38.7 Å². The van der Waals surface area contributed by atoms with Gasteiger partial charge >= 0.3 is 6.18 Å². The average molecular weight is 482 g/mol. The molecule has 0 spiro atoms. The molecule has 3 heterocycles. The van der Waals surface area contributed by atoms with Crippen LogP contribution in [0, 0.1) is 5.82 Å². The van der Waals surface area contributed by atoms with E-state index in [0.717, 1.165) is 17.2 Å². The van der Waals surface area contributed by atoms with Crippen molar-refractivity contribution in [3.63, 3.8) is 0 Å². The van der Waals surface area contributed by atoms with Gasteiger partial charge < -0.3 is 20.1 Å². The second kappa shape index (κ2) is 7.46. The van der Waals surface area contributed by atoms with Crippen LogP contribution in [-0.2, 0) is 24.1 Å². The Bertz CT molecular complexity index is 1330. The Morgan fingerprint density at radius 1 is 1.21 bits per heavy atom. The molecule has 33 heavy (non-hydrogen) atoms. The zero-order valence-corrected chi connectivity index (χ0v) is 17.9. The maximum Gasteiger partial charge on any atom is 0.416 e. The molecule has 0 fully saturated rings. The van der Waals surface area contributed by atoms with Crippen LogP contribution in [-0.4, -0.2) is 29.4 Å². The molecule has 2 N–H and O–H groups in total. The van der Waals surface area contributed by atoms with E-state index in [0.29, 0.717) is 36.0 Å². The Kier molecular flexibility index (Phi) is 4.91. The monoisotopic (exact) mass is 481 g/mol. The molecule has 1 aromatic heterocycles. The van der Waals surface area contributed by atoms with Crippen molar-refractivity contribution < 1.29 is 31.8 Å². The number of hydrogen-bond donors (Lipinski definition) is 1. The Labute approximate surface area is 189 Å². The summed E-state index contributed by atoms with van der Waals surface area (Å²) in [5.41, 5.74) is 6.91. The van der Waals surface area contributed by atoms with E-state index in [1.807, 2.05) is 0 Å². The number of ether oxygens (including phenoxy) is 2. The molecule has 0 saturated carbocycles. The van der Waals surface area contributed by atoms with Gasteiger partial charge in [0.15, 0.2) is 0 Å². The molecule has 2 aromatic carbocycles. The van der Waals surface area contributed by atoms with Crippen molar-refractivity contribution in [2.24, 2.45) is 0 Å². The van der Waals surface area contributed by atoms with E-state index in [1.165, 1.54) is 18.0 Å². The minimum Gasteiger partial charge on any atom is -0.491 e. The molecule has 11 heteroatoms. The molecule has 2 aliphatic heterocycles. The first kappa shape index (κ1) is 21.7. The Hall–Kier alpha value is -3.11. The van der Waals surface area contributed by atoms with E-state index in [9.17, 15) is 22.4 Å². The number of rotatable bonds is 2. The number of nitrogens with zero attached hydrogens (tertiary/aromatic N) is 2. The number of likely N-dealkylation sites (N-methyl/N-ethyl adjacent to an activating group) is 1. The number of aromatic nitrogens is 1. The highest BCUT2D eigenvalue weighted by atomic mass is 35.5. The summed E-state index contributed by atoms with van der Waals surface area (Å²) in [5, 5.41) is 0.763. The standard InChI is InChI=1S/C22H16ClF4N3O3/c1-30(17-8-33-18-3-9(22(25,26)27)2-15(24)19(17)18)21(31)11-4-10-12-6-32-7-13(12)20(28)29-16(10)5-14(11)23/h2-5,17H,6-8H2,1H3,(H2,28,29)/t17-/m0/s1. The van der Waals surface area contributed by atoms with E-state index >= 15 is 0 Å². The fourth-order valence-electron chi connectivity index (χ4n) is 4.24. The molecule has 2 aliphatic rings. The summed E-state index contributed by atoms with van der Waals surface area (Å²) in [7, 11) is 1.41. The van der Waals surface area contributed by atoms with Crippen LogP contribution in [0.5, 0.6) is 5.75 Å². The van der Waals surface area contributed by atoms with E-state index in [4.69, 9.17) is 26.8 Å². The zero-order valence-electron chi connectivity index (χ0n) is 17.1. The summed E-state index contributed by atoms with van der Waals surface area (Å²) >= 11 is 6.36. The fourth-order valence-corrected chi connectivity index (χ4v) is 4.48. The number of nitrogens with two attached hydrogens (primary N) is 1. The predicted octanol–water partition coefficient (Wildman–Crippen LogP) is 4.86. The summed E-state index contributed by atoms with van der Waals surface area (Å²) in [5.74, 6) is -1.56. The maximum absolute atomic E-state index is 14.7. The third-order valence-electron chi connectivity index (χ3n) is 5.98. The predicted molar refractivity (Wildman–Crippen MR) is 111 cm³/mol. The lowest BCUT2D eigenvalue weighted by atomic mass is 10.0. The van der Waals surface area contributed by atoms with Gasteiger partial charge in [0.25, 0.3) is 5.91 Å². The van der Waals surface area contributed by atoms with Gasteiger partial charge in [-0.25, -0.2) is 9.37 Å². The minimum absolute atomic E-state index is 0.108. The fraction of sp³-hybridized carbons (Fsp3) is 0.273. The number of nitrogen functional groups attached to an aromatic ring is 1. The third kappa shape index (κ3) is 3.44. The zero-order chi connectivity index (χ0) is 23.7. The van der Waals surface area contributed by atoms with Gasteiger partial charge in [-0.15, -0.1) is 0 Å². The Balaban J connectivity index is 1.53. The normalized spacial score (nSPS) is 17.1.